The molecule has 1 aliphatic heterocycles. The highest BCUT2D eigenvalue weighted by atomic mass is 32.2. The van der Waals surface area contributed by atoms with Crippen LogP contribution in [0.1, 0.15) is 14.5 Å². The minimum absolute atomic E-state index is 0.00408. The van der Waals surface area contributed by atoms with E-state index in [-0.39, 0.29) is 30.5 Å². The molecule has 1 aliphatic rings. The second-order valence-electron chi connectivity index (χ2n) is 4.32. The molecule has 2 heterocycles. The summed E-state index contributed by atoms with van der Waals surface area (Å²) < 4.78 is 22.6. The fraction of sp³-hybridized carbons (Fsp3) is 0.333. The van der Waals surface area contributed by atoms with Crippen molar-refractivity contribution in [2.75, 3.05) is 24.6 Å². The van der Waals surface area contributed by atoms with Gasteiger partial charge in [-0.25, -0.2) is 13.2 Å². The van der Waals surface area contributed by atoms with Crippen LogP contribution in [-0.2, 0) is 14.6 Å². The summed E-state index contributed by atoms with van der Waals surface area (Å²) in [6, 6.07) is 3.29. The molecule has 8 heteroatoms. The molecule has 1 aromatic heterocycles. The molecule has 0 atom stereocenters. The highest BCUT2D eigenvalue weighted by Gasteiger charge is 2.26. The lowest BCUT2D eigenvalue weighted by Gasteiger charge is -2.26. The minimum atomic E-state index is -3.01. The van der Waals surface area contributed by atoms with Crippen LogP contribution in [-0.4, -0.2) is 54.9 Å². The summed E-state index contributed by atoms with van der Waals surface area (Å²) in [6.45, 7) is 0.415. The molecule has 20 heavy (non-hydrogen) atoms. The molecular formula is C12H13NO5S2. The fourth-order valence-electron chi connectivity index (χ4n) is 1.78. The largest absolute Gasteiger partial charge is 0.478 e. The Morgan fingerprint density at radius 2 is 1.90 bits per heavy atom. The van der Waals surface area contributed by atoms with E-state index in [2.05, 4.69) is 0 Å². The second kappa shape index (κ2) is 5.76. The van der Waals surface area contributed by atoms with Crippen molar-refractivity contribution in [2.24, 2.45) is 0 Å². The quantitative estimate of drug-likeness (QED) is 0.830. The summed E-state index contributed by atoms with van der Waals surface area (Å²) in [5.41, 5.74) is 0. The number of aliphatic carboxylic acids is 1. The zero-order chi connectivity index (χ0) is 14.8. The van der Waals surface area contributed by atoms with Gasteiger partial charge in [-0.3, -0.25) is 4.79 Å². The number of carboxylic acids is 1. The molecule has 0 aliphatic carbocycles. The van der Waals surface area contributed by atoms with Crippen LogP contribution in [0.2, 0.25) is 0 Å². The average Bonchev–Trinajstić information content (AvgIpc) is 2.84. The van der Waals surface area contributed by atoms with Crippen LogP contribution >= 0.6 is 11.3 Å². The fourth-order valence-corrected chi connectivity index (χ4v) is 3.86. The van der Waals surface area contributed by atoms with Crippen molar-refractivity contribution < 1.29 is 23.1 Å². The molecule has 0 aromatic carbocycles. The Morgan fingerprint density at radius 1 is 1.25 bits per heavy atom. The van der Waals surface area contributed by atoms with Gasteiger partial charge in [0.2, 0.25) is 0 Å². The van der Waals surface area contributed by atoms with E-state index in [4.69, 9.17) is 5.11 Å². The van der Waals surface area contributed by atoms with Crippen LogP contribution < -0.4 is 0 Å². The maximum absolute atomic E-state index is 12.2. The Labute approximate surface area is 120 Å². The molecule has 1 N–H and O–H groups in total. The summed E-state index contributed by atoms with van der Waals surface area (Å²) >= 11 is 1.19. The first-order valence-corrected chi connectivity index (χ1v) is 8.52. The first kappa shape index (κ1) is 14.7. The third-order valence-corrected chi connectivity index (χ3v) is 5.51. The zero-order valence-electron chi connectivity index (χ0n) is 10.5. The van der Waals surface area contributed by atoms with Gasteiger partial charge in [-0.2, -0.15) is 0 Å². The van der Waals surface area contributed by atoms with Gasteiger partial charge in [-0.05, 0) is 18.2 Å². The number of carboxylic acid groups (broad SMARTS) is 1. The molecule has 1 amide bonds. The molecular weight excluding hydrogens is 302 g/mol. The number of amides is 1. The lowest BCUT2D eigenvalue weighted by Crippen LogP contribution is -2.43. The van der Waals surface area contributed by atoms with E-state index in [1.54, 1.807) is 12.1 Å². The number of carbonyl (C=O) groups is 2. The summed E-state index contributed by atoms with van der Waals surface area (Å²) in [5, 5.41) is 8.53. The average molecular weight is 315 g/mol. The van der Waals surface area contributed by atoms with Crippen LogP contribution in [0, 0.1) is 0 Å². The van der Waals surface area contributed by atoms with Crippen molar-refractivity contribution in [2.45, 2.75) is 0 Å². The van der Waals surface area contributed by atoms with Crippen LogP contribution in [0.5, 0.6) is 0 Å². The Balaban J connectivity index is 2.05. The van der Waals surface area contributed by atoms with E-state index in [1.165, 1.54) is 22.3 Å². The predicted molar refractivity (Wildman–Crippen MR) is 75.5 cm³/mol. The first-order chi connectivity index (χ1) is 9.37. The van der Waals surface area contributed by atoms with Crippen molar-refractivity contribution >= 4 is 39.1 Å². The highest BCUT2D eigenvalue weighted by Crippen LogP contribution is 2.20. The van der Waals surface area contributed by atoms with Crippen molar-refractivity contribution in [3.05, 3.63) is 28.0 Å². The van der Waals surface area contributed by atoms with Crippen LogP contribution in [0.25, 0.3) is 6.08 Å². The van der Waals surface area contributed by atoms with Gasteiger partial charge < -0.3 is 10.0 Å². The number of hydrogen-bond donors (Lipinski definition) is 1. The molecule has 0 radical (unpaired) electrons. The molecule has 1 fully saturated rings. The molecule has 0 unspecified atom stereocenters. The number of carbonyl (C=O) groups excluding carboxylic acids is 1. The second-order valence-corrected chi connectivity index (χ2v) is 7.74. The Kier molecular flexibility index (Phi) is 4.24. The van der Waals surface area contributed by atoms with E-state index in [0.29, 0.717) is 9.75 Å². The van der Waals surface area contributed by atoms with E-state index in [0.717, 1.165) is 6.08 Å². The maximum atomic E-state index is 12.2. The van der Waals surface area contributed by atoms with Crippen molar-refractivity contribution in [3.63, 3.8) is 0 Å². The normalized spacial score (nSPS) is 18.3. The van der Waals surface area contributed by atoms with E-state index >= 15 is 0 Å². The molecule has 1 saturated heterocycles. The third kappa shape index (κ3) is 3.67. The Bertz CT molecular complexity index is 645. The van der Waals surface area contributed by atoms with E-state index in [9.17, 15) is 18.0 Å². The van der Waals surface area contributed by atoms with Gasteiger partial charge in [0, 0.05) is 24.0 Å². The Morgan fingerprint density at radius 3 is 2.50 bits per heavy atom. The smallest absolute Gasteiger partial charge is 0.328 e. The molecule has 108 valence electrons. The summed E-state index contributed by atoms with van der Waals surface area (Å²) in [6.07, 6.45) is 2.43. The number of sulfone groups is 1. The van der Waals surface area contributed by atoms with Gasteiger partial charge in [0.25, 0.3) is 5.91 Å². The topological polar surface area (TPSA) is 91.8 Å². The summed E-state index contributed by atoms with van der Waals surface area (Å²) in [4.78, 5) is 25.2. The van der Waals surface area contributed by atoms with Crippen molar-refractivity contribution in [1.82, 2.24) is 4.90 Å². The summed E-state index contributed by atoms with van der Waals surface area (Å²) in [7, 11) is -3.01. The van der Waals surface area contributed by atoms with E-state index in [1.807, 2.05) is 0 Å². The van der Waals surface area contributed by atoms with Crippen LogP contribution in [0.15, 0.2) is 18.2 Å². The molecule has 6 nitrogen and oxygen atoms in total. The molecule has 0 spiro atoms. The van der Waals surface area contributed by atoms with Crippen molar-refractivity contribution in [1.29, 1.82) is 0 Å². The van der Waals surface area contributed by atoms with Crippen LogP contribution in [0.4, 0.5) is 0 Å². The molecule has 1 aromatic rings. The van der Waals surface area contributed by atoms with Crippen molar-refractivity contribution in [3.8, 4) is 0 Å². The Hall–Kier alpha value is -1.67. The monoisotopic (exact) mass is 315 g/mol. The summed E-state index contributed by atoms with van der Waals surface area (Å²) in [5.74, 6) is -1.27. The minimum Gasteiger partial charge on any atom is -0.478 e. The lowest BCUT2D eigenvalue weighted by atomic mass is 10.3. The van der Waals surface area contributed by atoms with Crippen LogP contribution in [0.3, 0.4) is 0 Å². The third-order valence-electron chi connectivity index (χ3n) is 2.86. The van der Waals surface area contributed by atoms with Gasteiger partial charge in [0.15, 0.2) is 9.84 Å². The van der Waals surface area contributed by atoms with Gasteiger partial charge >= 0.3 is 5.97 Å². The highest BCUT2D eigenvalue weighted by molar-refractivity contribution is 7.91. The van der Waals surface area contributed by atoms with Gasteiger partial charge in [-0.1, -0.05) is 0 Å². The SMILES string of the molecule is O=C(O)C=Cc1ccc(C(=O)N2CCS(=O)(=O)CC2)s1. The van der Waals surface area contributed by atoms with Gasteiger partial charge in [0.1, 0.15) is 0 Å². The number of nitrogens with zero attached hydrogens (tertiary/aromatic N) is 1. The molecule has 0 bridgehead atoms. The standard InChI is InChI=1S/C12H13NO5S2/c14-11(15)4-2-9-1-3-10(19-9)12(16)13-5-7-20(17,18)8-6-13/h1-4H,5-8H2,(H,14,15). The first-order valence-electron chi connectivity index (χ1n) is 5.88. The molecule has 2 rings (SSSR count). The number of thiophene rings is 1. The maximum Gasteiger partial charge on any atom is 0.328 e. The molecule has 0 saturated carbocycles. The lowest BCUT2D eigenvalue weighted by molar-refractivity contribution is -0.131. The zero-order valence-corrected chi connectivity index (χ0v) is 12.1. The number of hydrogen-bond acceptors (Lipinski definition) is 5. The van der Waals surface area contributed by atoms with Gasteiger partial charge in [0.05, 0.1) is 16.4 Å². The van der Waals surface area contributed by atoms with Gasteiger partial charge in [-0.15, -0.1) is 11.3 Å². The number of rotatable bonds is 3. The van der Waals surface area contributed by atoms with E-state index < -0.39 is 15.8 Å². The predicted octanol–water partition coefficient (Wildman–Crippen LogP) is 0.717.